The second-order valence-electron chi connectivity index (χ2n) is 16.3. The Morgan fingerprint density at radius 1 is 0.302 bits per heavy atom. The van der Waals surface area contributed by atoms with Crippen molar-refractivity contribution in [2.75, 3.05) is 0 Å². The number of aromatic nitrogens is 6. The summed E-state index contributed by atoms with van der Waals surface area (Å²) in [6.45, 7) is 0. The summed E-state index contributed by atoms with van der Waals surface area (Å²) >= 11 is 0. The van der Waals surface area contributed by atoms with Gasteiger partial charge in [-0.15, -0.1) is 0 Å². The molecule has 14 aromatic rings. The largest absolute Gasteiger partial charge is 0.456 e. The summed E-state index contributed by atoms with van der Waals surface area (Å²) in [5.41, 5.74) is 19.2. The number of nitrogens with zero attached hydrogens (tertiary/aromatic N) is 6. The number of furan rings is 1. The summed E-state index contributed by atoms with van der Waals surface area (Å²) in [6.07, 6.45) is 0. The predicted molar refractivity (Wildman–Crippen MR) is 256 cm³/mol. The second kappa shape index (κ2) is 12.9. The van der Waals surface area contributed by atoms with Gasteiger partial charge in [0.15, 0.2) is 0 Å². The molecule has 0 bridgehead atoms. The number of benzene rings is 9. The molecule has 294 valence electrons. The van der Waals surface area contributed by atoms with E-state index in [-0.39, 0.29) is 0 Å². The van der Waals surface area contributed by atoms with Crippen molar-refractivity contribution in [2.24, 2.45) is 0 Å². The van der Waals surface area contributed by atoms with E-state index < -0.39 is 0 Å². The van der Waals surface area contributed by atoms with Crippen LogP contribution in [0.3, 0.4) is 0 Å². The second-order valence-corrected chi connectivity index (χ2v) is 16.3. The summed E-state index contributed by atoms with van der Waals surface area (Å²) in [7, 11) is 0. The quantitative estimate of drug-likeness (QED) is 0.174. The first-order chi connectivity index (χ1) is 31.2. The van der Waals surface area contributed by atoms with Gasteiger partial charge >= 0.3 is 0 Å². The first kappa shape index (κ1) is 34.1. The van der Waals surface area contributed by atoms with Gasteiger partial charge in [-0.1, -0.05) is 121 Å². The molecular formula is C56H34N6O. The van der Waals surface area contributed by atoms with Gasteiger partial charge in [0, 0.05) is 16.5 Å². The molecule has 0 unspecified atom stereocenters. The molecule has 0 radical (unpaired) electrons. The Hall–Kier alpha value is -8.68. The normalized spacial score (nSPS) is 12.1. The monoisotopic (exact) mass is 806 g/mol. The topological polar surface area (TPSA) is 57.6 Å². The van der Waals surface area contributed by atoms with E-state index in [2.05, 4.69) is 212 Å². The molecule has 0 spiro atoms. The highest BCUT2D eigenvalue weighted by Crippen LogP contribution is 2.38. The van der Waals surface area contributed by atoms with Gasteiger partial charge in [0.1, 0.15) is 11.2 Å². The van der Waals surface area contributed by atoms with E-state index in [9.17, 15) is 0 Å². The number of hydrogen-bond donors (Lipinski definition) is 0. The van der Waals surface area contributed by atoms with Crippen LogP contribution in [-0.2, 0) is 0 Å². The molecule has 14 rings (SSSR count). The summed E-state index contributed by atoms with van der Waals surface area (Å²) in [4.78, 5) is 10.5. The summed E-state index contributed by atoms with van der Waals surface area (Å²) in [6, 6.07) is 73.2. The fraction of sp³-hybridized carbons (Fsp3) is 0. The van der Waals surface area contributed by atoms with E-state index in [1.54, 1.807) is 0 Å². The van der Waals surface area contributed by atoms with Crippen LogP contribution in [0.4, 0.5) is 0 Å². The molecule has 0 aliphatic rings. The molecule has 7 heteroatoms. The number of imidazole rings is 4. The first-order valence-corrected chi connectivity index (χ1v) is 21.2. The van der Waals surface area contributed by atoms with E-state index in [4.69, 9.17) is 14.4 Å². The van der Waals surface area contributed by atoms with Crippen molar-refractivity contribution in [1.29, 1.82) is 0 Å². The average Bonchev–Trinajstić information content (AvgIpc) is 4.15. The van der Waals surface area contributed by atoms with Crippen LogP contribution in [0.25, 0.3) is 122 Å². The fourth-order valence-electron chi connectivity index (χ4n) is 9.83. The lowest BCUT2D eigenvalue weighted by Crippen LogP contribution is -1.95. The van der Waals surface area contributed by atoms with Gasteiger partial charge in [-0.2, -0.15) is 0 Å². The standard InChI is InChI=1S/C56H34N6O/c1-2-11-35(12-3-1)36-21-23-37(24-22-36)38-13-10-14-41(31-38)59-49-28-25-39(32-51(49)61-47-18-7-5-16-45(47)57-55(59)61)40-26-29-50-52(33-40)62-48-19-8-6-17-46(48)58-56(62)60(50)42-27-30-54-44(34-42)43-15-4-9-20-53(43)63-54/h1-34H. The minimum Gasteiger partial charge on any atom is -0.456 e. The van der Waals surface area contributed by atoms with Crippen molar-refractivity contribution < 1.29 is 4.42 Å². The maximum absolute atomic E-state index is 6.22. The predicted octanol–water partition coefficient (Wildman–Crippen LogP) is 14.1. The molecular weight excluding hydrogens is 773 g/mol. The number of rotatable bonds is 5. The van der Waals surface area contributed by atoms with Crippen molar-refractivity contribution in [2.45, 2.75) is 0 Å². The molecule has 0 atom stereocenters. The van der Waals surface area contributed by atoms with E-state index >= 15 is 0 Å². The zero-order valence-corrected chi connectivity index (χ0v) is 33.7. The molecule has 63 heavy (non-hydrogen) atoms. The molecule has 7 nitrogen and oxygen atoms in total. The van der Waals surface area contributed by atoms with Gasteiger partial charge in [-0.05, 0) is 118 Å². The number of hydrogen-bond acceptors (Lipinski definition) is 3. The van der Waals surface area contributed by atoms with Gasteiger partial charge in [-0.3, -0.25) is 17.9 Å². The Labute approximate surface area is 359 Å². The van der Waals surface area contributed by atoms with Crippen LogP contribution in [0.5, 0.6) is 0 Å². The van der Waals surface area contributed by atoms with Crippen LogP contribution in [0.1, 0.15) is 0 Å². The molecule has 0 amide bonds. The lowest BCUT2D eigenvalue weighted by atomic mass is 10.00. The lowest BCUT2D eigenvalue weighted by Gasteiger charge is -2.10. The van der Waals surface area contributed by atoms with E-state index in [1.165, 1.54) is 16.7 Å². The Morgan fingerprint density at radius 2 is 0.794 bits per heavy atom. The SMILES string of the molecule is c1ccc(-c2ccc(-c3cccc(-n4c5ccc(-c6ccc7c(c6)n6c8ccccc8nc6n7-c6ccc7oc8ccccc8c7c6)cc5n5c6ccccc6nc45)c3)cc2)cc1. The highest BCUT2D eigenvalue weighted by Gasteiger charge is 2.21. The molecule has 0 aliphatic heterocycles. The number of para-hydroxylation sites is 5. The highest BCUT2D eigenvalue weighted by atomic mass is 16.3. The zero-order valence-electron chi connectivity index (χ0n) is 33.7. The van der Waals surface area contributed by atoms with Crippen molar-refractivity contribution in [3.63, 3.8) is 0 Å². The third kappa shape index (κ3) is 5.02. The minimum atomic E-state index is 0.865. The van der Waals surface area contributed by atoms with Crippen molar-refractivity contribution in [3.05, 3.63) is 206 Å². The summed E-state index contributed by atoms with van der Waals surface area (Å²) in [5, 5.41) is 2.18. The van der Waals surface area contributed by atoms with Gasteiger partial charge in [0.25, 0.3) is 0 Å². The molecule has 0 N–H and O–H groups in total. The van der Waals surface area contributed by atoms with E-state index in [1.807, 2.05) is 12.1 Å². The van der Waals surface area contributed by atoms with Gasteiger partial charge < -0.3 is 4.42 Å². The lowest BCUT2D eigenvalue weighted by molar-refractivity contribution is 0.669. The summed E-state index contributed by atoms with van der Waals surface area (Å²) in [5.74, 6) is 1.74. The van der Waals surface area contributed by atoms with Crippen molar-refractivity contribution in [1.82, 2.24) is 27.9 Å². The molecule has 5 heterocycles. The highest BCUT2D eigenvalue weighted by molar-refractivity contribution is 6.06. The first-order valence-electron chi connectivity index (χ1n) is 21.2. The van der Waals surface area contributed by atoms with Crippen LogP contribution < -0.4 is 0 Å². The van der Waals surface area contributed by atoms with Crippen LogP contribution in [0.15, 0.2) is 211 Å². The third-order valence-electron chi connectivity index (χ3n) is 12.8. The molecule has 5 aromatic heterocycles. The van der Waals surface area contributed by atoms with E-state index in [0.717, 1.165) is 106 Å². The van der Waals surface area contributed by atoms with Crippen molar-refractivity contribution in [3.8, 4) is 44.8 Å². The van der Waals surface area contributed by atoms with Gasteiger partial charge in [-0.25, -0.2) is 9.97 Å². The molecule has 0 saturated heterocycles. The average molecular weight is 807 g/mol. The fourth-order valence-corrected chi connectivity index (χ4v) is 9.83. The zero-order chi connectivity index (χ0) is 41.2. The smallest absolute Gasteiger partial charge is 0.220 e. The molecule has 0 aliphatic carbocycles. The minimum absolute atomic E-state index is 0.865. The van der Waals surface area contributed by atoms with Gasteiger partial charge in [0.2, 0.25) is 11.6 Å². The van der Waals surface area contributed by atoms with Crippen LogP contribution >= 0.6 is 0 Å². The Morgan fingerprint density at radius 3 is 1.46 bits per heavy atom. The molecule has 0 fully saturated rings. The Kier molecular flexibility index (Phi) is 6.98. The van der Waals surface area contributed by atoms with Crippen LogP contribution in [0.2, 0.25) is 0 Å². The number of fused-ring (bicyclic) bond motifs is 13. The maximum Gasteiger partial charge on any atom is 0.220 e. The molecule has 0 saturated carbocycles. The summed E-state index contributed by atoms with van der Waals surface area (Å²) < 4.78 is 15.4. The Bertz CT molecular complexity index is 4140. The van der Waals surface area contributed by atoms with Crippen LogP contribution in [-0.4, -0.2) is 27.9 Å². The van der Waals surface area contributed by atoms with Crippen LogP contribution in [0, 0.1) is 0 Å². The van der Waals surface area contributed by atoms with Crippen molar-refractivity contribution >= 4 is 77.6 Å². The van der Waals surface area contributed by atoms with E-state index in [0.29, 0.717) is 0 Å². The van der Waals surface area contributed by atoms with Gasteiger partial charge in [0.05, 0.1) is 49.8 Å². The molecule has 9 aromatic carbocycles. The Balaban J connectivity index is 0.939. The maximum atomic E-state index is 6.22. The third-order valence-corrected chi connectivity index (χ3v) is 12.8.